The predicted molar refractivity (Wildman–Crippen MR) is 221 cm³/mol. The Hall–Kier alpha value is -2.09. The summed E-state index contributed by atoms with van der Waals surface area (Å²) in [6.45, 7) is 25.6. The van der Waals surface area contributed by atoms with Gasteiger partial charge in [-0.3, -0.25) is 19.2 Å². The van der Waals surface area contributed by atoms with Gasteiger partial charge in [0, 0.05) is 50.0 Å². The molecule has 0 radical (unpaired) electrons. The molecule has 0 aromatic carbocycles. The van der Waals surface area contributed by atoms with Gasteiger partial charge in [-0.2, -0.15) is 0 Å². The van der Waals surface area contributed by atoms with Crippen LogP contribution >= 0.6 is 0 Å². The second-order valence-electron chi connectivity index (χ2n) is 23.1. The third kappa shape index (κ3) is 5.98. The summed E-state index contributed by atoms with van der Waals surface area (Å²) < 4.78 is 20.5. The Morgan fingerprint density at radius 2 is 1.49 bits per heavy atom. The number of carbonyl (C=O) groups is 4. The number of likely N-dealkylation sites (tertiary alicyclic amines) is 2. The van der Waals surface area contributed by atoms with E-state index in [2.05, 4.69) is 58.3 Å². The van der Waals surface area contributed by atoms with Gasteiger partial charge in [-0.25, -0.2) is 4.39 Å². The quantitative estimate of drug-likeness (QED) is 0.239. The molecule has 7 nitrogen and oxygen atoms in total. The van der Waals surface area contributed by atoms with Crippen LogP contribution in [0.5, 0.6) is 0 Å². The van der Waals surface area contributed by atoms with E-state index in [1.165, 1.54) is 5.57 Å². The van der Waals surface area contributed by atoms with Gasteiger partial charge in [-0.1, -0.05) is 62.3 Å². The average molecular weight is 791 g/mol. The number of hydrogen-bond acceptors (Lipinski definition) is 6. The standard InChI is InChI=1S/C49H75FN2O5/c1-29(2)40-36(54)27-49(43(56)52-23-11-12-32(52)28-51-24-17-31(50)18-25-51)22-21-47(9)33(41(40)49)13-14-38-46(8)19-16-39(45(6,7)37(46)15-20-48(38,47)10)57-42(55)35-26-34(30(3)53)44(35,4)5/h29,31-35,37-39H,11-28H2,1-10H3/t32-,33+,34-,35+,37-,38+,39-,46-,47+,48+,49+/m0/s1. The summed E-state index contributed by atoms with van der Waals surface area (Å²) in [5, 5.41) is 0. The van der Waals surface area contributed by atoms with Crippen LogP contribution in [0.2, 0.25) is 0 Å². The average Bonchev–Trinajstić information content (AvgIpc) is 3.71. The molecule has 318 valence electrons. The third-order valence-corrected chi connectivity index (χ3v) is 19.7. The fraction of sp³-hybridized carbons (Fsp3) is 0.878. The van der Waals surface area contributed by atoms with E-state index < -0.39 is 11.6 Å². The summed E-state index contributed by atoms with van der Waals surface area (Å²) in [6.07, 6.45) is 11.1. The number of piperidine rings is 1. The van der Waals surface area contributed by atoms with E-state index in [0.717, 1.165) is 96.0 Å². The van der Waals surface area contributed by atoms with Crippen molar-refractivity contribution >= 4 is 23.4 Å². The van der Waals surface area contributed by atoms with Crippen molar-refractivity contribution in [1.82, 2.24) is 9.80 Å². The maximum Gasteiger partial charge on any atom is 0.309 e. The van der Waals surface area contributed by atoms with Gasteiger partial charge in [0.05, 0.1) is 11.3 Å². The van der Waals surface area contributed by atoms with E-state index in [4.69, 9.17) is 4.74 Å². The maximum absolute atomic E-state index is 15.3. The summed E-state index contributed by atoms with van der Waals surface area (Å²) in [7, 11) is 0. The molecule has 11 atom stereocenters. The lowest BCUT2D eigenvalue weighted by Gasteiger charge is -2.72. The summed E-state index contributed by atoms with van der Waals surface area (Å²) in [4.78, 5) is 60.2. The lowest BCUT2D eigenvalue weighted by atomic mass is 9.33. The molecule has 8 aliphatic rings. The van der Waals surface area contributed by atoms with E-state index in [1.807, 2.05) is 13.8 Å². The highest BCUT2D eigenvalue weighted by atomic mass is 19.1. The number of nitrogens with zero attached hydrogens (tertiary/aromatic N) is 2. The molecule has 8 heteroatoms. The number of ether oxygens (including phenoxy) is 1. The Morgan fingerprint density at radius 3 is 2.14 bits per heavy atom. The fourth-order valence-corrected chi connectivity index (χ4v) is 16.3. The molecule has 57 heavy (non-hydrogen) atoms. The number of allylic oxidation sites excluding steroid dienone is 1. The van der Waals surface area contributed by atoms with Gasteiger partial charge in [0.15, 0.2) is 5.78 Å². The van der Waals surface area contributed by atoms with E-state index in [0.29, 0.717) is 37.5 Å². The number of fused-ring (bicyclic) bond motifs is 7. The monoisotopic (exact) mass is 791 g/mol. The molecule has 0 N–H and O–H groups in total. The molecule has 2 heterocycles. The number of halogens is 1. The van der Waals surface area contributed by atoms with Crippen molar-refractivity contribution in [3.05, 3.63) is 11.1 Å². The van der Waals surface area contributed by atoms with Crippen molar-refractivity contribution in [1.29, 1.82) is 0 Å². The number of rotatable bonds is 7. The number of esters is 1. The molecular weight excluding hydrogens is 716 g/mol. The second kappa shape index (κ2) is 14.0. The number of Topliss-reactive ketones (excluding diaryl/α,β-unsaturated/α-hetero) is 2. The number of carbonyl (C=O) groups excluding carboxylic acids is 4. The maximum atomic E-state index is 15.3. The van der Waals surface area contributed by atoms with E-state index in [1.54, 1.807) is 6.92 Å². The van der Waals surface area contributed by atoms with Gasteiger partial charge in [0.25, 0.3) is 0 Å². The Labute approximate surface area is 343 Å². The highest BCUT2D eigenvalue weighted by Crippen LogP contribution is 2.77. The van der Waals surface area contributed by atoms with Crippen LogP contribution in [0, 0.1) is 68.0 Å². The summed E-state index contributed by atoms with van der Waals surface area (Å²) in [5.74, 6) is 1.38. The molecule has 0 bridgehead atoms. The van der Waals surface area contributed by atoms with Crippen molar-refractivity contribution in [2.45, 2.75) is 177 Å². The Kier molecular flexibility index (Phi) is 10.2. The minimum absolute atomic E-state index is 0.0363. The van der Waals surface area contributed by atoms with Crippen molar-refractivity contribution in [3.63, 3.8) is 0 Å². The highest BCUT2D eigenvalue weighted by Gasteiger charge is 2.71. The molecule has 2 saturated heterocycles. The lowest BCUT2D eigenvalue weighted by molar-refractivity contribution is -0.236. The summed E-state index contributed by atoms with van der Waals surface area (Å²) in [5.41, 5.74) is 1.03. The van der Waals surface area contributed by atoms with Crippen LogP contribution < -0.4 is 0 Å². The number of alkyl halides is 1. The van der Waals surface area contributed by atoms with Crippen LogP contribution in [0.3, 0.4) is 0 Å². The number of amides is 1. The van der Waals surface area contributed by atoms with Crippen LogP contribution in [-0.2, 0) is 23.9 Å². The first-order chi connectivity index (χ1) is 26.6. The van der Waals surface area contributed by atoms with Gasteiger partial charge < -0.3 is 14.5 Å². The van der Waals surface area contributed by atoms with Crippen LogP contribution in [0.25, 0.3) is 0 Å². The van der Waals surface area contributed by atoms with Gasteiger partial charge in [-0.05, 0) is 147 Å². The van der Waals surface area contributed by atoms with E-state index in [-0.39, 0.29) is 86.3 Å². The van der Waals surface area contributed by atoms with Crippen molar-refractivity contribution in [3.8, 4) is 0 Å². The lowest BCUT2D eigenvalue weighted by Crippen LogP contribution is -2.66. The van der Waals surface area contributed by atoms with Gasteiger partial charge >= 0.3 is 5.97 Å². The molecule has 6 aliphatic carbocycles. The highest BCUT2D eigenvalue weighted by molar-refractivity contribution is 6.07. The Balaban J connectivity index is 1.05. The van der Waals surface area contributed by atoms with Gasteiger partial charge in [0.1, 0.15) is 18.1 Å². The van der Waals surface area contributed by atoms with E-state index >= 15 is 4.79 Å². The molecular formula is C49H75FN2O5. The largest absolute Gasteiger partial charge is 0.462 e. The first-order valence-corrected chi connectivity index (χ1v) is 23.3. The summed E-state index contributed by atoms with van der Waals surface area (Å²) >= 11 is 0. The molecule has 2 aliphatic heterocycles. The minimum atomic E-state index is -0.733. The molecule has 8 rings (SSSR count). The normalized spacial score (nSPS) is 44.2. The SMILES string of the molecule is CC(=O)[C@@H]1C[C@H](C(=O)O[C@H]2CC[C@]3(C)[C@H]4CC[C@@H]5C6=C(C(C)C)C(=O)C[C@]6(C(=O)N6CCC[C@H]6CN6CCC(F)CC6)CC[C@@]5(C)[C@]4(C)CC[C@H]3C2(C)C)C1(C)C. The van der Waals surface area contributed by atoms with Crippen molar-refractivity contribution < 1.29 is 28.3 Å². The Bertz CT molecular complexity index is 1710. The predicted octanol–water partition coefficient (Wildman–Crippen LogP) is 9.56. The fourth-order valence-electron chi connectivity index (χ4n) is 16.3. The molecule has 0 spiro atoms. The van der Waals surface area contributed by atoms with Crippen molar-refractivity contribution in [2.75, 3.05) is 26.2 Å². The van der Waals surface area contributed by atoms with Crippen LogP contribution in [-0.4, -0.2) is 77.7 Å². The van der Waals surface area contributed by atoms with Gasteiger partial charge in [-0.15, -0.1) is 0 Å². The van der Waals surface area contributed by atoms with E-state index in [9.17, 15) is 18.8 Å². The van der Waals surface area contributed by atoms with Crippen molar-refractivity contribution in [2.24, 2.45) is 68.0 Å². The van der Waals surface area contributed by atoms with Crippen LogP contribution in [0.1, 0.15) is 159 Å². The number of hydrogen-bond donors (Lipinski definition) is 0. The van der Waals surface area contributed by atoms with Gasteiger partial charge in [0.2, 0.25) is 5.91 Å². The zero-order valence-corrected chi connectivity index (χ0v) is 37.2. The topological polar surface area (TPSA) is 84.0 Å². The molecule has 0 aromatic rings. The molecule has 7 fully saturated rings. The molecule has 1 amide bonds. The zero-order valence-electron chi connectivity index (χ0n) is 37.2. The van der Waals surface area contributed by atoms with Crippen LogP contribution in [0.15, 0.2) is 11.1 Å². The molecule has 5 saturated carbocycles. The van der Waals surface area contributed by atoms with Crippen LogP contribution in [0.4, 0.5) is 4.39 Å². The Morgan fingerprint density at radius 1 is 0.789 bits per heavy atom. The smallest absolute Gasteiger partial charge is 0.309 e. The molecule has 0 unspecified atom stereocenters. The third-order valence-electron chi connectivity index (χ3n) is 19.7. The number of ketones is 2. The summed E-state index contributed by atoms with van der Waals surface area (Å²) in [6, 6.07) is 0.134. The first-order valence-electron chi connectivity index (χ1n) is 23.3. The first kappa shape index (κ1) is 41.6. The minimum Gasteiger partial charge on any atom is -0.462 e. The molecule has 0 aromatic heterocycles. The zero-order chi connectivity index (χ0) is 41.2. The second-order valence-corrected chi connectivity index (χ2v) is 23.1.